The standard InChI is InChI=1S/C19H36N6.HI/c1-8-20-19(22-12-13-25(15(2)3)16(4)5)23-14-17-10-9-11-21-18(17)24(6)7;/h9-11,15-16H,8,12-14H2,1-7H3,(H2,20,22,23);1H. The van der Waals surface area contributed by atoms with Crippen LogP contribution in [-0.2, 0) is 6.54 Å². The van der Waals surface area contributed by atoms with Crippen LogP contribution in [0.1, 0.15) is 40.2 Å². The maximum absolute atomic E-state index is 4.72. The Kier molecular flexibility index (Phi) is 12.6. The number of nitrogens with one attached hydrogen (secondary N) is 2. The SMILES string of the molecule is CCNC(=NCc1cccnc1N(C)C)NCCN(C(C)C)C(C)C.I. The minimum Gasteiger partial charge on any atom is -0.362 e. The van der Waals surface area contributed by atoms with Crippen molar-refractivity contribution in [1.29, 1.82) is 0 Å². The van der Waals surface area contributed by atoms with Crippen LogP contribution < -0.4 is 15.5 Å². The highest BCUT2D eigenvalue weighted by atomic mass is 127. The third-order valence-corrected chi connectivity index (χ3v) is 4.03. The van der Waals surface area contributed by atoms with Crippen molar-refractivity contribution in [2.75, 3.05) is 38.6 Å². The number of halogens is 1. The Hall–Kier alpha value is -1.09. The molecule has 0 saturated carbocycles. The van der Waals surface area contributed by atoms with Gasteiger partial charge in [0, 0.05) is 57.6 Å². The van der Waals surface area contributed by atoms with Crippen molar-refractivity contribution in [1.82, 2.24) is 20.5 Å². The molecule has 0 spiro atoms. The summed E-state index contributed by atoms with van der Waals surface area (Å²) in [6, 6.07) is 5.12. The van der Waals surface area contributed by atoms with E-state index in [1.807, 2.05) is 31.3 Å². The van der Waals surface area contributed by atoms with Crippen LogP contribution in [0.4, 0.5) is 5.82 Å². The molecule has 0 aromatic carbocycles. The van der Waals surface area contributed by atoms with Crippen molar-refractivity contribution in [3.63, 3.8) is 0 Å². The predicted octanol–water partition coefficient (Wildman–Crippen LogP) is 2.94. The van der Waals surface area contributed by atoms with E-state index < -0.39 is 0 Å². The lowest BCUT2D eigenvalue weighted by Crippen LogP contribution is -2.45. The summed E-state index contributed by atoms with van der Waals surface area (Å²) < 4.78 is 0. The summed E-state index contributed by atoms with van der Waals surface area (Å²) in [6.07, 6.45) is 1.82. The second-order valence-corrected chi connectivity index (χ2v) is 6.93. The van der Waals surface area contributed by atoms with Crippen molar-refractivity contribution in [2.24, 2.45) is 4.99 Å². The quantitative estimate of drug-likeness (QED) is 0.326. The Bertz CT molecular complexity index is 523. The first-order chi connectivity index (χ1) is 11.9. The van der Waals surface area contributed by atoms with Crippen LogP contribution >= 0.6 is 24.0 Å². The number of hydrogen-bond acceptors (Lipinski definition) is 4. The number of guanidine groups is 1. The predicted molar refractivity (Wildman–Crippen MR) is 124 cm³/mol. The average Bonchev–Trinajstić information content (AvgIpc) is 2.55. The molecular formula is C19H37IN6. The molecule has 150 valence electrons. The van der Waals surface area contributed by atoms with Crippen LogP contribution in [-0.4, -0.2) is 61.7 Å². The maximum Gasteiger partial charge on any atom is 0.191 e. The molecule has 1 heterocycles. The van der Waals surface area contributed by atoms with Gasteiger partial charge in [-0.3, -0.25) is 4.90 Å². The lowest BCUT2D eigenvalue weighted by molar-refractivity contribution is 0.178. The number of pyridine rings is 1. The summed E-state index contributed by atoms with van der Waals surface area (Å²) in [5.41, 5.74) is 1.12. The molecule has 0 aliphatic heterocycles. The van der Waals surface area contributed by atoms with Gasteiger partial charge in [0.25, 0.3) is 0 Å². The van der Waals surface area contributed by atoms with Gasteiger partial charge in [-0.25, -0.2) is 9.98 Å². The van der Waals surface area contributed by atoms with Crippen molar-refractivity contribution in [2.45, 2.75) is 53.2 Å². The van der Waals surface area contributed by atoms with E-state index >= 15 is 0 Å². The van der Waals surface area contributed by atoms with E-state index in [4.69, 9.17) is 4.99 Å². The molecule has 0 amide bonds. The van der Waals surface area contributed by atoms with E-state index in [0.29, 0.717) is 18.6 Å². The first kappa shape index (κ1) is 24.9. The van der Waals surface area contributed by atoms with Gasteiger partial charge in [-0.2, -0.15) is 0 Å². The molecule has 0 radical (unpaired) electrons. The van der Waals surface area contributed by atoms with Crippen LogP contribution in [0.15, 0.2) is 23.3 Å². The number of aliphatic imine (C=N–C) groups is 1. The van der Waals surface area contributed by atoms with Crippen molar-refractivity contribution >= 4 is 35.8 Å². The van der Waals surface area contributed by atoms with Gasteiger partial charge in [-0.1, -0.05) is 6.07 Å². The zero-order valence-electron chi connectivity index (χ0n) is 17.4. The topological polar surface area (TPSA) is 55.8 Å². The van der Waals surface area contributed by atoms with Gasteiger partial charge in [0.15, 0.2) is 5.96 Å². The van der Waals surface area contributed by atoms with Gasteiger partial charge >= 0.3 is 0 Å². The minimum atomic E-state index is 0. The summed E-state index contributed by atoms with van der Waals surface area (Å²) in [6.45, 7) is 14.4. The Morgan fingerprint density at radius 3 is 2.35 bits per heavy atom. The summed E-state index contributed by atoms with van der Waals surface area (Å²) in [7, 11) is 4.01. The van der Waals surface area contributed by atoms with Crippen LogP contribution in [0.25, 0.3) is 0 Å². The second kappa shape index (κ2) is 13.1. The molecule has 0 fully saturated rings. The zero-order chi connectivity index (χ0) is 18.8. The third-order valence-electron chi connectivity index (χ3n) is 4.03. The summed E-state index contributed by atoms with van der Waals surface area (Å²) in [5.74, 6) is 1.82. The number of nitrogens with zero attached hydrogens (tertiary/aromatic N) is 4. The van der Waals surface area contributed by atoms with Gasteiger partial charge in [0.1, 0.15) is 5.82 Å². The van der Waals surface area contributed by atoms with Crippen molar-refractivity contribution in [3.05, 3.63) is 23.9 Å². The molecule has 0 saturated heterocycles. The summed E-state index contributed by atoms with van der Waals surface area (Å²) in [5, 5.41) is 6.76. The fourth-order valence-electron chi connectivity index (χ4n) is 2.88. The molecule has 1 rings (SSSR count). The van der Waals surface area contributed by atoms with Gasteiger partial charge < -0.3 is 15.5 Å². The van der Waals surface area contributed by atoms with Crippen molar-refractivity contribution < 1.29 is 0 Å². The van der Waals surface area contributed by atoms with E-state index in [0.717, 1.165) is 37.0 Å². The van der Waals surface area contributed by atoms with E-state index in [2.05, 4.69) is 61.2 Å². The molecule has 1 aromatic rings. The first-order valence-electron chi connectivity index (χ1n) is 9.25. The number of hydrogen-bond donors (Lipinski definition) is 2. The Balaban J connectivity index is 0.00000625. The fraction of sp³-hybridized carbons (Fsp3) is 0.684. The van der Waals surface area contributed by atoms with E-state index in [-0.39, 0.29) is 24.0 Å². The highest BCUT2D eigenvalue weighted by Gasteiger charge is 2.12. The van der Waals surface area contributed by atoms with E-state index in [1.54, 1.807) is 0 Å². The number of anilines is 1. The highest BCUT2D eigenvalue weighted by Crippen LogP contribution is 2.15. The van der Waals surface area contributed by atoms with Crippen LogP contribution in [0.3, 0.4) is 0 Å². The van der Waals surface area contributed by atoms with Crippen LogP contribution in [0, 0.1) is 0 Å². The lowest BCUT2D eigenvalue weighted by Gasteiger charge is -2.30. The Labute approximate surface area is 176 Å². The molecule has 2 N–H and O–H groups in total. The van der Waals surface area contributed by atoms with E-state index in [1.165, 1.54) is 0 Å². The summed E-state index contributed by atoms with van der Waals surface area (Å²) in [4.78, 5) is 13.7. The lowest BCUT2D eigenvalue weighted by atomic mass is 10.2. The van der Waals surface area contributed by atoms with Gasteiger partial charge in [0.2, 0.25) is 0 Å². The Morgan fingerprint density at radius 1 is 1.15 bits per heavy atom. The summed E-state index contributed by atoms with van der Waals surface area (Å²) >= 11 is 0. The molecule has 0 aliphatic rings. The first-order valence-corrected chi connectivity index (χ1v) is 9.25. The largest absolute Gasteiger partial charge is 0.362 e. The molecule has 0 unspecified atom stereocenters. The van der Waals surface area contributed by atoms with Crippen LogP contribution in [0.2, 0.25) is 0 Å². The monoisotopic (exact) mass is 476 g/mol. The Morgan fingerprint density at radius 2 is 1.81 bits per heavy atom. The molecular weight excluding hydrogens is 439 g/mol. The normalized spacial score (nSPS) is 11.7. The molecule has 0 atom stereocenters. The molecule has 0 bridgehead atoms. The molecule has 7 heteroatoms. The molecule has 26 heavy (non-hydrogen) atoms. The van der Waals surface area contributed by atoms with E-state index in [9.17, 15) is 0 Å². The minimum absolute atomic E-state index is 0. The number of rotatable bonds is 9. The second-order valence-electron chi connectivity index (χ2n) is 6.93. The third kappa shape index (κ3) is 8.53. The fourth-order valence-corrected chi connectivity index (χ4v) is 2.88. The number of aromatic nitrogens is 1. The average molecular weight is 476 g/mol. The molecule has 6 nitrogen and oxygen atoms in total. The molecule has 1 aromatic heterocycles. The highest BCUT2D eigenvalue weighted by molar-refractivity contribution is 14.0. The molecule has 0 aliphatic carbocycles. The maximum atomic E-state index is 4.72. The van der Waals surface area contributed by atoms with Gasteiger partial charge in [0.05, 0.1) is 6.54 Å². The van der Waals surface area contributed by atoms with Gasteiger partial charge in [-0.15, -0.1) is 24.0 Å². The van der Waals surface area contributed by atoms with Crippen molar-refractivity contribution in [3.8, 4) is 0 Å². The van der Waals surface area contributed by atoms with Gasteiger partial charge in [-0.05, 0) is 40.7 Å². The van der Waals surface area contributed by atoms with Crippen LogP contribution in [0.5, 0.6) is 0 Å². The zero-order valence-corrected chi connectivity index (χ0v) is 19.7. The smallest absolute Gasteiger partial charge is 0.191 e.